The van der Waals surface area contributed by atoms with Crippen LogP contribution in [0.5, 0.6) is 11.5 Å². The molecule has 7 nitrogen and oxygen atoms in total. The first kappa shape index (κ1) is 59.9. The van der Waals surface area contributed by atoms with E-state index in [9.17, 15) is 10.2 Å². The standard InChI is InChI=1S/C62H86O2.H4O5P2/c1-55(2,3)37-29-25-30-38(56(4,5)6)45(37)49-50(46-39(57(7,8)9)31-26-32-40(46)58(10,11)12)54(64)52(48-43(61(19,20)21)35-28-36-44(48)62(22,23)24)51(53(49)63)47-41(59(13,14)15)33-27-34-42(47)60(16,17)18;1-6(2)5-7(3)4/h25-36,63-64H,1-24H3;1-4H. The molecule has 0 unspecified atom stereocenters. The Morgan fingerprint density at radius 1 is 0.254 bits per heavy atom. The molecule has 0 spiro atoms. The summed E-state index contributed by atoms with van der Waals surface area (Å²) in [4.78, 5) is 31.3. The minimum atomic E-state index is -2.61. The van der Waals surface area contributed by atoms with Gasteiger partial charge in [-0.1, -0.05) is 239 Å². The molecule has 0 fully saturated rings. The van der Waals surface area contributed by atoms with E-state index in [1.807, 2.05) is 0 Å². The van der Waals surface area contributed by atoms with E-state index in [4.69, 9.17) is 19.6 Å². The van der Waals surface area contributed by atoms with Gasteiger partial charge in [0.05, 0.1) is 0 Å². The van der Waals surface area contributed by atoms with Gasteiger partial charge in [0, 0.05) is 22.3 Å². The number of phenols is 2. The van der Waals surface area contributed by atoms with E-state index in [-0.39, 0.29) is 54.8 Å². The van der Waals surface area contributed by atoms with Gasteiger partial charge in [-0.3, -0.25) is 0 Å². The second kappa shape index (κ2) is 20.6. The van der Waals surface area contributed by atoms with E-state index >= 15 is 0 Å². The van der Waals surface area contributed by atoms with Crippen LogP contribution in [0.2, 0.25) is 0 Å². The third-order valence-electron chi connectivity index (χ3n) is 13.3. The Morgan fingerprint density at radius 2 is 0.380 bits per heavy atom. The van der Waals surface area contributed by atoms with Crippen molar-refractivity contribution in [3.8, 4) is 56.0 Å². The van der Waals surface area contributed by atoms with Gasteiger partial charge < -0.3 is 29.8 Å². The molecule has 0 heterocycles. The summed E-state index contributed by atoms with van der Waals surface area (Å²) >= 11 is 0. The lowest BCUT2D eigenvalue weighted by Crippen LogP contribution is -2.23. The molecule has 0 aliphatic rings. The summed E-state index contributed by atoms with van der Waals surface area (Å²) in [5.41, 5.74) is 13.3. The summed E-state index contributed by atoms with van der Waals surface area (Å²) < 4.78 is 3.60. The maximum Gasteiger partial charge on any atom is 0.334 e. The zero-order chi connectivity index (χ0) is 54.7. The molecule has 0 atom stereocenters. The highest BCUT2D eigenvalue weighted by atomic mass is 31.2. The average Bonchev–Trinajstić information content (AvgIpc) is 3.17. The van der Waals surface area contributed by atoms with Crippen LogP contribution in [0, 0.1) is 0 Å². The Morgan fingerprint density at radius 3 is 0.465 bits per heavy atom. The van der Waals surface area contributed by atoms with Gasteiger partial charge in [-0.25, -0.2) is 4.31 Å². The van der Waals surface area contributed by atoms with E-state index in [1.54, 1.807) is 0 Å². The summed E-state index contributed by atoms with van der Waals surface area (Å²) in [6.45, 7) is 54.6. The highest BCUT2D eigenvalue weighted by Crippen LogP contribution is 2.63. The average molecular weight is 1010 g/mol. The number of benzene rings is 5. The van der Waals surface area contributed by atoms with E-state index in [2.05, 4.69) is 243 Å². The van der Waals surface area contributed by atoms with Gasteiger partial charge in [-0.05, 0) is 110 Å². The fourth-order valence-electron chi connectivity index (χ4n) is 10.0. The fraction of sp³-hybridized carbons (Fsp3) is 0.516. The molecule has 0 radical (unpaired) electrons. The molecule has 0 bridgehead atoms. The minimum absolute atomic E-state index is 0.208. The van der Waals surface area contributed by atoms with Gasteiger partial charge in [-0.2, -0.15) is 0 Å². The molecule has 5 aromatic rings. The Balaban J connectivity index is 0.00000145. The van der Waals surface area contributed by atoms with Crippen molar-refractivity contribution >= 4 is 17.2 Å². The molecular weight excluding hydrogens is 919 g/mol. The van der Waals surface area contributed by atoms with Crippen LogP contribution in [0.4, 0.5) is 0 Å². The Bertz CT molecular complexity index is 2220. The van der Waals surface area contributed by atoms with Gasteiger partial charge >= 0.3 is 17.2 Å². The molecule has 0 aliphatic heterocycles. The van der Waals surface area contributed by atoms with Crippen LogP contribution in [0.25, 0.3) is 44.5 Å². The number of phenolic OH excluding ortho intramolecular Hbond substituents is 2. The van der Waals surface area contributed by atoms with Crippen molar-refractivity contribution in [2.24, 2.45) is 0 Å². The van der Waals surface area contributed by atoms with Crippen LogP contribution in [0.3, 0.4) is 0 Å². The molecular formula is C62H90O7P2. The van der Waals surface area contributed by atoms with E-state index in [0.717, 1.165) is 66.8 Å². The monoisotopic (exact) mass is 1010 g/mol. The van der Waals surface area contributed by atoms with Crippen molar-refractivity contribution in [2.45, 2.75) is 209 Å². The number of hydrogen-bond donors (Lipinski definition) is 6. The van der Waals surface area contributed by atoms with Crippen molar-refractivity contribution in [1.82, 2.24) is 0 Å². The molecule has 71 heavy (non-hydrogen) atoms. The summed E-state index contributed by atoms with van der Waals surface area (Å²) in [6, 6.07) is 26.7. The second-order valence-corrected chi connectivity index (χ2v) is 29.4. The van der Waals surface area contributed by atoms with E-state index in [1.165, 1.54) is 0 Å². The predicted molar refractivity (Wildman–Crippen MR) is 305 cm³/mol. The SMILES string of the molecule is CC(C)(C)c1cccc(C(C)(C)C)c1-c1c(O)c(-c2c(C(C)(C)C)cccc2C(C)(C)C)c(-c2c(C(C)(C)C)cccc2C(C)(C)C)c(O)c1-c1c(C(C)(C)C)cccc1C(C)(C)C.OP(O)OP(O)O. The molecule has 390 valence electrons. The normalized spacial score (nSPS) is 13.5. The van der Waals surface area contributed by atoms with E-state index < -0.39 is 17.2 Å². The van der Waals surface area contributed by atoms with Gasteiger partial charge in [0.15, 0.2) is 0 Å². The van der Waals surface area contributed by atoms with Crippen LogP contribution >= 0.6 is 17.2 Å². The molecule has 5 aromatic carbocycles. The Labute approximate surface area is 432 Å². The molecule has 0 saturated heterocycles. The summed E-state index contributed by atoms with van der Waals surface area (Å²) in [5, 5.41) is 29.1. The molecule has 5 rings (SSSR count). The zero-order valence-electron chi connectivity index (χ0n) is 47.9. The molecule has 0 aliphatic carbocycles. The lowest BCUT2D eigenvalue weighted by molar-refractivity contribution is 0.324. The zero-order valence-corrected chi connectivity index (χ0v) is 49.7. The quantitative estimate of drug-likeness (QED) is 0.0738. The third-order valence-corrected chi connectivity index (χ3v) is 14.5. The molecule has 0 saturated carbocycles. The van der Waals surface area contributed by atoms with Crippen molar-refractivity contribution < 1.29 is 34.1 Å². The lowest BCUT2D eigenvalue weighted by Gasteiger charge is -2.38. The largest absolute Gasteiger partial charge is 0.507 e. The van der Waals surface area contributed by atoms with Gasteiger partial charge in [0.25, 0.3) is 0 Å². The predicted octanol–water partition coefficient (Wildman–Crippen LogP) is 17.6. The minimum Gasteiger partial charge on any atom is -0.507 e. The van der Waals surface area contributed by atoms with Crippen LogP contribution in [-0.4, -0.2) is 29.8 Å². The first-order valence-corrected chi connectivity index (χ1v) is 27.4. The number of rotatable bonds is 6. The van der Waals surface area contributed by atoms with Crippen molar-refractivity contribution in [3.63, 3.8) is 0 Å². The summed E-state index contributed by atoms with van der Waals surface area (Å²) in [6.07, 6.45) is 0. The van der Waals surface area contributed by atoms with E-state index in [0.29, 0.717) is 22.3 Å². The van der Waals surface area contributed by atoms with Gasteiger partial charge in [0.1, 0.15) is 11.5 Å². The number of aromatic hydroxyl groups is 2. The van der Waals surface area contributed by atoms with Gasteiger partial charge in [0.2, 0.25) is 0 Å². The topological polar surface area (TPSA) is 131 Å². The van der Waals surface area contributed by atoms with Gasteiger partial charge in [-0.15, -0.1) is 0 Å². The molecule has 6 N–H and O–H groups in total. The molecule has 0 aromatic heterocycles. The van der Waals surface area contributed by atoms with Crippen molar-refractivity contribution in [1.29, 1.82) is 0 Å². The number of hydrogen-bond acceptors (Lipinski definition) is 7. The smallest absolute Gasteiger partial charge is 0.334 e. The third kappa shape index (κ3) is 13.2. The van der Waals surface area contributed by atoms with Crippen molar-refractivity contribution in [3.05, 3.63) is 117 Å². The first-order valence-electron chi connectivity index (χ1n) is 25.1. The van der Waals surface area contributed by atoms with Crippen LogP contribution < -0.4 is 0 Å². The van der Waals surface area contributed by atoms with Crippen LogP contribution in [0.15, 0.2) is 72.8 Å². The van der Waals surface area contributed by atoms with Crippen LogP contribution in [0.1, 0.15) is 211 Å². The Kier molecular flexibility index (Phi) is 17.4. The lowest BCUT2D eigenvalue weighted by atomic mass is 9.66. The highest BCUT2D eigenvalue weighted by molar-refractivity contribution is 7.53. The van der Waals surface area contributed by atoms with Crippen molar-refractivity contribution in [2.75, 3.05) is 0 Å². The Hall–Kier alpha value is -3.64. The molecule has 0 amide bonds. The maximum atomic E-state index is 14.5. The van der Waals surface area contributed by atoms with Crippen LogP contribution in [-0.2, 0) is 47.6 Å². The maximum absolute atomic E-state index is 14.5. The second-order valence-electron chi connectivity index (χ2n) is 27.7. The highest BCUT2D eigenvalue weighted by Gasteiger charge is 2.41. The fourth-order valence-corrected chi connectivity index (χ4v) is 10.6. The first-order chi connectivity index (χ1) is 31.9. The summed E-state index contributed by atoms with van der Waals surface area (Å²) in [5.74, 6) is 0.415. The molecule has 9 heteroatoms. The summed E-state index contributed by atoms with van der Waals surface area (Å²) in [7, 11) is -5.22.